The van der Waals surface area contributed by atoms with Crippen molar-refractivity contribution in [3.8, 4) is 0 Å². The van der Waals surface area contributed by atoms with Gasteiger partial charge in [-0.3, -0.25) is 4.79 Å². The van der Waals surface area contributed by atoms with E-state index in [-0.39, 0.29) is 11.9 Å². The molecule has 1 aliphatic rings. The molecule has 2 aromatic heterocycles. The van der Waals surface area contributed by atoms with E-state index in [0.29, 0.717) is 12.3 Å². The van der Waals surface area contributed by atoms with E-state index < -0.39 is 0 Å². The number of thiazole rings is 1. The highest BCUT2D eigenvalue weighted by Gasteiger charge is 2.22. The summed E-state index contributed by atoms with van der Waals surface area (Å²) in [6.45, 7) is 3.21. The van der Waals surface area contributed by atoms with Crippen LogP contribution in [0.2, 0.25) is 0 Å². The van der Waals surface area contributed by atoms with Gasteiger partial charge in [0.15, 0.2) is 0 Å². The monoisotopic (exact) mass is 306 g/mol. The van der Waals surface area contributed by atoms with Crippen LogP contribution in [0.5, 0.6) is 0 Å². The van der Waals surface area contributed by atoms with E-state index in [1.54, 1.807) is 12.5 Å². The van der Waals surface area contributed by atoms with Crippen LogP contribution in [-0.4, -0.2) is 33.6 Å². The summed E-state index contributed by atoms with van der Waals surface area (Å²) < 4.78 is 7.14. The van der Waals surface area contributed by atoms with Gasteiger partial charge in [0.05, 0.1) is 12.3 Å². The summed E-state index contributed by atoms with van der Waals surface area (Å²) in [5.41, 5.74) is 1.50. The Bertz CT molecular complexity index is 649. The second-order valence-electron chi connectivity index (χ2n) is 5.22. The van der Waals surface area contributed by atoms with E-state index in [0.717, 1.165) is 35.9 Å². The molecule has 3 rings (SSSR count). The molecule has 7 heteroatoms. The molecular formula is C14H18N4O2S. The lowest BCUT2D eigenvalue weighted by molar-refractivity contribution is 0.0922. The smallest absolute Gasteiger partial charge is 0.271 e. The van der Waals surface area contributed by atoms with Crippen molar-refractivity contribution in [2.45, 2.75) is 39.0 Å². The summed E-state index contributed by atoms with van der Waals surface area (Å²) in [7, 11) is 1.62. The highest BCUT2D eigenvalue weighted by molar-refractivity contribution is 7.09. The number of imidazole rings is 1. The summed E-state index contributed by atoms with van der Waals surface area (Å²) in [6.07, 6.45) is 3.84. The number of nitrogens with zero attached hydrogens (tertiary/aromatic N) is 3. The lowest BCUT2D eigenvalue weighted by Gasteiger charge is -2.24. The van der Waals surface area contributed by atoms with Crippen LogP contribution in [-0.2, 0) is 24.3 Å². The van der Waals surface area contributed by atoms with Crippen molar-refractivity contribution in [2.24, 2.45) is 0 Å². The molecule has 0 aromatic carbocycles. The number of fused-ring (bicyclic) bond motifs is 1. The molecule has 0 unspecified atom stereocenters. The minimum atomic E-state index is -0.112. The van der Waals surface area contributed by atoms with Crippen LogP contribution < -0.4 is 5.32 Å². The van der Waals surface area contributed by atoms with Crippen LogP contribution in [0.1, 0.15) is 33.4 Å². The third-order valence-corrected chi connectivity index (χ3v) is 4.32. The Morgan fingerprint density at radius 1 is 1.57 bits per heavy atom. The number of rotatable bonds is 4. The molecule has 0 saturated heterocycles. The largest absolute Gasteiger partial charge is 0.378 e. The normalized spacial score (nSPS) is 17.5. The van der Waals surface area contributed by atoms with Gasteiger partial charge < -0.3 is 14.6 Å². The van der Waals surface area contributed by atoms with E-state index in [1.807, 2.05) is 13.1 Å². The van der Waals surface area contributed by atoms with Crippen molar-refractivity contribution in [1.82, 2.24) is 19.9 Å². The van der Waals surface area contributed by atoms with Crippen molar-refractivity contribution >= 4 is 17.2 Å². The van der Waals surface area contributed by atoms with Gasteiger partial charge in [-0.15, -0.1) is 11.3 Å². The Kier molecular flexibility index (Phi) is 4.03. The number of aryl methyl sites for hydroxylation is 2. The van der Waals surface area contributed by atoms with E-state index in [2.05, 4.69) is 19.9 Å². The Labute approximate surface area is 127 Å². The number of carbonyl (C=O) groups is 1. The van der Waals surface area contributed by atoms with Gasteiger partial charge in [0, 0.05) is 37.7 Å². The van der Waals surface area contributed by atoms with Crippen molar-refractivity contribution in [2.75, 3.05) is 7.11 Å². The van der Waals surface area contributed by atoms with Gasteiger partial charge in [0.2, 0.25) is 0 Å². The maximum Gasteiger partial charge on any atom is 0.271 e. The Morgan fingerprint density at radius 3 is 3.24 bits per heavy atom. The van der Waals surface area contributed by atoms with Gasteiger partial charge >= 0.3 is 0 Å². The molecule has 112 valence electrons. The molecule has 0 radical (unpaired) electrons. The van der Waals surface area contributed by atoms with Crippen LogP contribution in [0, 0.1) is 6.92 Å². The number of hydrogen-bond acceptors (Lipinski definition) is 5. The molecule has 0 aliphatic carbocycles. The van der Waals surface area contributed by atoms with Gasteiger partial charge in [0.25, 0.3) is 5.91 Å². The second kappa shape index (κ2) is 5.95. The van der Waals surface area contributed by atoms with Crippen molar-refractivity contribution in [1.29, 1.82) is 0 Å². The average molecular weight is 306 g/mol. The fourth-order valence-electron chi connectivity index (χ4n) is 2.57. The number of amides is 1. The molecule has 0 bridgehead atoms. The van der Waals surface area contributed by atoms with E-state index in [4.69, 9.17) is 4.74 Å². The van der Waals surface area contributed by atoms with Crippen molar-refractivity contribution in [3.63, 3.8) is 0 Å². The van der Waals surface area contributed by atoms with Crippen molar-refractivity contribution in [3.05, 3.63) is 33.8 Å². The van der Waals surface area contributed by atoms with Gasteiger partial charge in [0.1, 0.15) is 16.5 Å². The molecule has 21 heavy (non-hydrogen) atoms. The molecule has 2 aromatic rings. The highest BCUT2D eigenvalue weighted by Crippen LogP contribution is 2.16. The third kappa shape index (κ3) is 3.14. The van der Waals surface area contributed by atoms with E-state index in [9.17, 15) is 4.79 Å². The first-order valence-electron chi connectivity index (χ1n) is 6.92. The SMILES string of the molecule is COCc1nc(C(=O)N[C@H]2CCc3nc(C)cn3C2)cs1. The summed E-state index contributed by atoms with van der Waals surface area (Å²) in [5.74, 6) is 0.993. The summed E-state index contributed by atoms with van der Waals surface area (Å²) in [4.78, 5) is 21.0. The zero-order valence-corrected chi connectivity index (χ0v) is 12.9. The standard InChI is InChI=1S/C14H18N4O2S/c1-9-5-18-6-10(3-4-12(18)15-9)16-14(19)11-8-21-13(17-11)7-20-2/h5,8,10H,3-4,6-7H2,1-2H3,(H,16,19)/t10-/m0/s1. The molecule has 1 atom stereocenters. The number of ether oxygens (including phenoxy) is 1. The first-order chi connectivity index (χ1) is 10.2. The molecule has 0 saturated carbocycles. The highest BCUT2D eigenvalue weighted by atomic mass is 32.1. The molecule has 3 heterocycles. The lowest BCUT2D eigenvalue weighted by Crippen LogP contribution is -2.41. The third-order valence-electron chi connectivity index (χ3n) is 3.50. The Morgan fingerprint density at radius 2 is 2.43 bits per heavy atom. The Hall–Kier alpha value is -1.73. The van der Waals surface area contributed by atoms with Gasteiger partial charge in [-0.2, -0.15) is 0 Å². The predicted molar refractivity (Wildman–Crippen MR) is 79.4 cm³/mol. The first kappa shape index (κ1) is 14.2. The number of nitrogens with one attached hydrogen (secondary N) is 1. The molecule has 1 N–H and O–H groups in total. The van der Waals surface area contributed by atoms with Gasteiger partial charge in [-0.1, -0.05) is 0 Å². The first-order valence-corrected chi connectivity index (χ1v) is 7.80. The predicted octanol–water partition coefficient (Wildman–Crippen LogP) is 1.54. The van der Waals surface area contributed by atoms with Crippen LogP contribution in [0.3, 0.4) is 0 Å². The van der Waals surface area contributed by atoms with Crippen LogP contribution >= 0.6 is 11.3 Å². The minimum absolute atomic E-state index is 0.112. The molecule has 1 aliphatic heterocycles. The van der Waals surface area contributed by atoms with Crippen LogP contribution in [0.4, 0.5) is 0 Å². The van der Waals surface area contributed by atoms with Crippen LogP contribution in [0.15, 0.2) is 11.6 Å². The van der Waals surface area contributed by atoms with E-state index >= 15 is 0 Å². The zero-order chi connectivity index (χ0) is 14.8. The maximum absolute atomic E-state index is 12.2. The summed E-state index contributed by atoms with van der Waals surface area (Å²) in [5, 5.41) is 5.65. The van der Waals surface area contributed by atoms with Gasteiger partial charge in [-0.25, -0.2) is 9.97 Å². The number of hydrogen-bond donors (Lipinski definition) is 1. The molecule has 6 nitrogen and oxygen atoms in total. The molecule has 0 spiro atoms. The minimum Gasteiger partial charge on any atom is -0.378 e. The number of carbonyl (C=O) groups excluding carboxylic acids is 1. The summed E-state index contributed by atoms with van der Waals surface area (Å²) >= 11 is 1.44. The maximum atomic E-state index is 12.2. The second-order valence-corrected chi connectivity index (χ2v) is 6.16. The summed E-state index contributed by atoms with van der Waals surface area (Å²) in [6, 6.07) is 0.131. The molecular weight excluding hydrogens is 288 g/mol. The quantitative estimate of drug-likeness (QED) is 0.930. The van der Waals surface area contributed by atoms with Crippen molar-refractivity contribution < 1.29 is 9.53 Å². The van der Waals surface area contributed by atoms with E-state index in [1.165, 1.54) is 11.3 Å². The molecule has 1 amide bonds. The zero-order valence-electron chi connectivity index (χ0n) is 12.1. The van der Waals surface area contributed by atoms with Crippen LogP contribution in [0.25, 0.3) is 0 Å². The fraction of sp³-hybridized carbons (Fsp3) is 0.500. The topological polar surface area (TPSA) is 69.0 Å². The number of aromatic nitrogens is 3. The molecule has 0 fully saturated rings. The Balaban J connectivity index is 1.62. The number of methoxy groups -OCH3 is 1. The fourth-order valence-corrected chi connectivity index (χ4v) is 3.31. The van der Waals surface area contributed by atoms with Gasteiger partial charge in [-0.05, 0) is 13.3 Å². The lowest BCUT2D eigenvalue weighted by atomic mass is 10.1. The average Bonchev–Trinajstić information content (AvgIpc) is 3.04.